The van der Waals surface area contributed by atoms with E-state index < -0.39 is 32.4 Å². The third-order valence-corrected chi connectivity index (χ3v) is 13.8. The molecule has 4 aromatic carbocycles. The fourth-order valence-corrected chi connectivity index (χ4v) is 11.8. The molecule has 0 amide bonds. The third-order valence-electron chi connectivity index (χ3n) is 7.38. The van der Waals surface area contributed by atoms with Crippen molar-refractivity contribution in [2.45, 2.75) is 12.2 Å². The molecule has 0 heterocycles. The summed E-state index contributed by atoms with van der Waals surface area (Å²) in [4.78, 5) is 0. The first-order chi connectivity index (χ1) is 18.5. The minimum atomic E-state index is -3.32. The van der Waals surface area contributed by atoms with Crippen LogP contribution in [0.25, 0.3) is 0 Å². The van der Waals surface area contributed by atoms with Gasteiger partial charge < -0.3 is 18.6 Å². The normalized spacial score (nSPS) is 19.7. The van der Waals surface area contributed by atoms with E-state index in [4.69, 9.17) is 9.47 Å². The molecular weight excluding hydrogens is 510 g/mol. The van der Waals surface area contributed by atoms with E-state index in [9.17, 15) is 0 Å². The Kier molecular flexibility index (Phi) is 7.98. The summed E-state index contributed by atoms with van der Waals surface area (Å²) in [5.41, 5.74) is 0. The molecule has 0 fully saturated rings. The van der Waals surface area contributed by atoms with Crippen molar-refractivity contribution >= 4 is 35.5 Å². The van der Waals surface area contributed by atoms with Crippen LogP contribution >= 0.6 is 14.3 Å². The van der Waals surface area contributed by atoms with Gasteiger partial charge in [-0.2, -0.15) is 0 Å². The van der Waals surface area contributed by atoms with Crippen LogP contribution in [-0.4, -0.2) is 32.6 Å². The van der Waals surface area contributed by atoms with Gasteiger partial charge >= 0.3 is 0 Å². The number of rotatable bonds is 9. The van der Waals surface area contributed by atoms with Crippen LogP contribution in [0.3, 0.4) is 0 Å². The van der Waals surface area contributed by atoms with E-state index in [0.717, 1.165) is 26.5 Å². The molecule has 0 radical (unpaired) electrons. The lowest BCUT2D eigenvalue weighted by molar-refractivity contribution is -0.0191. The summed E-state index contributed by atoms with van der Waals surface area (Å²) in [6.07, 6.45) is 1.38. The maximum Gasteiger partial charge on any atom is 0.167 e. The number of ether oxygens (including phenoxy) is 2. The zero-order valence-corrected chi connectivity index (χ0v) is 23.4. The summed E-state index contributed by atoms with van der Waals surface area (Å²) in [7, 11) is -3.19. The van der Waals surface area contributed by atoms with Gasteiger partial charge in [-0.25, -0.2) is 0 Å². The van der Waals surface area contributed by atoms with Crippen LogP contribution in [0.5, 0.6) is 0 Å². The van der Waals surface area contributed by atoms with E-state index in [1.54, 1.807) is 14.2 Å². The Morgan fingerprint density at radius 3 is 1.34 bits per heavy atom. The van der Waals surface area contributed by atoms with Gasteiger partial charge in [0.05, 0.1) is 6.10 Å². The second-order valence-corrected chi connectivity index (χ2v) is 15.1. The van der Waals surface area contributed by atoms with Crippen LogP contribution in [-0.2, 0) is 18.6 Å². The number of methoxy groups -OCH3 is 2. The average Bonchev–Trinajstić information content (AvgIpc) is 3.35. The molecule has 0 saturated carbocycles. The molecule has 0 aliphatic heterocycles. The molecular formula is C32H32O4P2. The van der Waals surface area contributed by atoms with Crippen molar-refractivity contribution in [3.05, 3.63) is 133 Å². The molecule has 0 unspecified atom stereocenters. The first-order valence-corrected chi connectivity index (χ1v) is 16.3. The van der Waals surface area contributed by atoms with Crippen LogP contribution in [0.1, 0.15) is 0 Å². The second kappa shape index (κ2) is 11.4. The minimum Gasteiger partial charge on any atom is -0.378 e. The third kappa shape index (κ3) is 4.79. The summed E-state index contributed by atoms with van der Waals surface area (Å²) < 4.78 is 42.5. The topological polar surface area (TPSA) is 52.6 Å². The van der Waals surface area contributed by atoms with Gasteiger partial charge in [0.15, 0.2) is 7.14 Å². The second-order valence-electron chi connectivity index (χ2n) is 9.47. The molecule has 0 saturated heterocycles. The van der Waals surface area contributed by atoms with Crippen LogP contribution in [0.2, 0.25) is 0 Å². The van der Waals surface area contributed by atoms with Gasteiger partial charge in [0.25, 0.3) is 0 Å². The van der Waals surface area contributed by atoms with Gasteiger partial charge in [0.2, 0.25) is 0 Å². The lowest BCUT2D eigenvalue weighted by atomic mass is 10.1. The lowest BCUT2D eigenvalue weighted by Gasteiger charge is -2.32. The zero-order chi connectivity index (χ0) is 26.6. The maximum atomic E-state index is 15.4. The van der Waals surface area contributed by atoms with Crippen LogP contribution < -0.4 is 21.2 Å². The molecule has 4 aromatic rings. The molecule has 0 aromatic heterocycles. The predicted octanol–water partition coefficient (Wildman–Crippen LogP) is 5.56. The van der Waals surface area contributed by atoms with Gasteiger partial charge in [-0.3, -0.25) is 0 Å². The Labute approximate surface area is 225 Å². The minimum absolute atomic E-state index is 0.273. The van der Waals surface area contributed by atoms with E-state index in [1.807, 2.05) is 127 Å². The highest BCUT2D eigenvalue weighted by Gasteiger charge is 2.49. The Morgan fingerprint density at radius 1 is 0.579 bits per heavy atom. The van der Waals surface area contributed by atoms with Crippen LogP contribution in [0.15, 0.2) is 133 Å². The van der Waals surface area contributed by atoms with E-state index in [1.165, 1.54) is 0 Å². The molecule has 3 atom stereocenters. The van der Waals surface area contributed by atoms with E-state index >= 15 is 9.13 Å². The fraction of sp³-hybridized carbons (Fsp3) is 0.188. The van der Waals surface area contributed by atoms with Crippen molar-refractivity contribution in [1.29, 1.82) is 0 Å². The molecule has 4 nitrogen and oxygen atoms in total. The first-order valence-electron chi connectivity index (χ1n) is 12.7. The van der Waals surface area contributed by atoms with E-state index in [2.05, 4.69) is 0 Å². The van der Waals surface area contributed by atoms with Crippen molar-refractivity contribution in [2.24, 2.45) is 5.92 Å². The van der Waals surface area contributed by atoms with Crippen molar-refractivity contribution in [3.8, 4) is 0 Å². The number of hydrogen-bond acceptors (Lipinski definition) is 4. The summed E-state index contributed by atoms with van der Waals surface area (Å²) >= 11 is 0. The van der Waals surface area contributed by atoms with Crippen molar-refractivity contribution in [2.75, 3.05) is 20.4 Å². The Balaban J connectivity index is 1.71. The Hall–Kier alpha value is -3.00. The highest BCUT2D eigenvalue weighted by Crippen LogP contribution is 2.61. The number of benzene rings is 4. The van der Waals surface area contributed by atoms with Gasteiger partial charge in [-0.15, -0.1) is 0 Å². The average molecular weight is 543 g/mol. The summed E-state index contributed by atoms with van der Waals surface area (Å²) in [5.74, 6) is -0.401. The highest BCUT2D eigenvalue weighted by atomic mass is 31.2. The van der Waals surface area contributed by atoms with Crippen LogP contribution in [0.4, 0.5) is 0 Å². The van der Waals surface area contributed by atoms with E-state index in [0.29, 0.717) is 0 Å². The standard InChI is InChI=1S/C32H32O4P2/c1-35-30-23-31(38(34,27-19-11-5-12-20-27)28-21-13-6-14-22-28)29(32(30)36-2)24-37(33,25-15-7-3-8-16-25)26-17-9-4-10-18-26/h3-23,29-30,32H,24H2,1-2H3/t29-,30-,32-/m0/s1. The van der Waals surface area contributed by atoms with Gasteiger partial charge in [0.1, 0.15) is 13.2 Å². The molecule has 1 aliphatic rings. The molecule has 38 heavy (non-hydrogen) atoms. The number of hydrogen-bond donors (Lipinski definition) is 0. The monoisotopic (exact) mass is 542 g/mol. The lowest BCUT2D eigenvalue weighted by Crippen LogP contribution is -2.35. The molecule has 0 bridgehead atoms. The molecule has 1 aliphatic carbocycles. The zero-order valence-electron chi connectivity index (χ0n) is 21.6. The smallest absolute Gasteiger partial charge is 0.167 e. The molecule has 6 heteroatoms. The molecule has 5 rings (SSSR count). The van der Waals surface area contributed by atoms with Gasteiger partial charge in [-0.1, -0.05) is 121 Å². The summed E-state index contributed by atoms with van der Waals surface area (Å²) in [6, 6.07) is 38.4. The summed E-state index contributed by atoms with van der Waals surface area (Å²) in [6.45, 7) is 0. The Morgan fingerprint density at radius 2 is 0.974 bits per heavy atom. The van der Waals surface area contributed by atoms with Gasteiger partial charge in [-0.05, 0) is 6.08 Å². The summed E-state index contributed by atoms with van der Waals surface area (Å²) in [5, 5.41) is 3.76. The maximum absolute atomic E-state index is 15.4. The first kappa shape index (κ1) is 26.6. The van der Waals surface area contributed by atoms with Crippen molar-refractivity contribution in [1.82, 2.24) is 0 Å². The quantitative estimate of drug-likeness (QED) is 0.260. The molecule has 0 spiro atoms. The van der Waals surface area contributed by atoms with Gasteiger partial charge in [0, 0.05) is 52.8 Å². The molecule has 0 N–H and O–H groups in total. The highest BCUT2D eigenvalue weighted by molar-refractivity contribution is 7.82. The Bertz CT molecular complexity index is 1380. The van der Waals surface area contributed by atoms with Crippen LogP contribution in [0, 0.1) is 5.92 Å². The largest absolute Gasteiger partial charge is 0.378 e. The SMILES string of the molecule is CO[C@@H]1[C@@H](OC)C=C(P(=O)(c2ccccc2)c2ccccc2)[C@@H]1CP(=O)(c1ccccc1)c1ccccc1. The van der Waals surface area contributed by atoms with Crippen molar-refractivity contribution < 1.29 is 18.6 Å². The van der Waals surface area contributed by atoms with E-state index in [-0.39, 0.29) is 6.16 Å². The fourth-order valence-electron chi connectivity index (χ4n) is 5.52. The van der Waals surface area contributed by atoms with Crippen molar-refractivity contribution in [3.63, 3.8) is 0 Å². The predicted molar refractivity (Wildman–Crippen MR) is 158 cm³/mol. The molecule has 194 valence electrons.